The number of para-hydroxylation sites is 1. The summed E-state index contributed by atoms with van der Waals surface area (Å²) in [5, 5.41) is 6.02. The van der Waals surface area contributed by atoms with E-state index < -0.39 is 5.97 Å². The molecule has 0 fully saturated rings. The predicted molar refractivity (Wildman–Crippen MR) is 109 cm³/mol. The van der Waals surface area contributed by atoms with Crippen LogP contribution in [0.1, 0.15) is 29.0 Å². The summed E-state index contributed by atoms with van der Waals surface area (Å²) in [6.45, 7) is 1.59. The Hall–Kier alpha value is -3.60. The lowest BCUT2D eigenvalue weighted by Gasteiger charge is -2.16. The Bertz CT molecular complexity index is 1120. The van der Waals surface area contributed by atoms with Gasteiger partial charge in [0.2, 0.25) is 0 Å². The molecule has 1 aromatic heterocycles. The van der Waals surface area contributed by atoms with Crippen LogP contribution in [0.15, 0.2) is 72.8 Å². The molecule has 140 valence electrons. The van der Waals surface area contributed by atoms with E-state index in [0.717, 1.165) is 27.2 Å². The van der Waals surface area contributed by atoms with Crippen molar-refractivity contribution in [3.63, 3.8) is 0 Å². The number of hydrogen-bond donors (Lipinski definition) is 2. The Morgan fingerprint density at radius 2 is 1.68 bits per heavy atom. The number of hydrogen-bond acceptors (Lipinski definition) is 3. The maximum absolute atomic E-state index is 12.3. The van der Waals surface area contributed by atoms with Gasteiger partial charge in [-0.25, -0.2) is 4.79 Å². The lowest BCUT2D eigenvalue weighted by molar-refractivity contribution is -0.124. The van der Waals surface area contributed by atoms with Gasteiger partial charge in [0.25, 0.3) is 5.91 Å². The summed E-state index contributed by atoms with van der Waals surface area (Å²) in [4.78, 5) is 27.5. The van der Waals surface area contributed by atoms with Crippen LogP contribution in [0, 0.1) is 0 Å². The lowest BCUT2D eigenvalue weighted by atomic mass is 10.00. The maximum Gasteiger partial charge on any atom is 0.355 e. The van der Waals surface area contributed by atoms with Gasteiger partial charge in [0, 0.05) is 10.9 Å². The van der Waals surface area contributed by atoms with E-state index in [2.05, 4.69) is 10.3 Å². The van der Waals surface area contributed by atoms with Gasteiger partial charge >= 0.3 is 5.97 Å². The number of benzene rings is 3. The number of rotatable bonds is 5. The van der Waals surface area contributed by atoms with Crippen LogP contribution in [-0.4, -0.2) is 23.5 Å². The topological polar surface area (TPSA) is 71.2 Å². The molecular formula is C23H20N2O3. The molecule has 0 bridgehead atoms. The summed E-state index contributed by atoms with van der Waals surface area (Å²) in [5.41, 5.74) is 2.20. The fourth-order valence-electron chi connectivity index (χ4n) is 3.38. The van der Waals surface area contributed by atoms with E-state index in [9.17, 15) is 9.59 Å². The number of nitrogens with one attached hydrogen (secondary N) is 2. The van der Waals surface area contributed by atoms with Crippen LogP contribution in [0.25, 0.3) is 21.7 Å². The van der Waals surface area contributed by atoms with Crippen LogP contribution >= 0.6 is 0 Å². The smallest absolute Gasteiger partial charge is 0.355 e. The SMILES string of the molecule is C[C@H](NC(=O)COC(=O)c1cc2ccccc2[nH]1)c1cccc2ccccc12. The number of aromatic amines is 1. The van der Waals surface area contributed by atoms with E-state index in [1.54, 1.807) is 6.07 Å². The van der Waals surface area contributed by atoms with Gasteiger partial charge in [-0.2, -0.15) is 0 Å². The number of carbonyl (C=O) groups is 2. The van der Waals surface area contributed by atoms with Crippen molar-refractivity contribution in [1.29, 1.82) is 0 Å². The minimum absolute atomic E-state index is 0.203. The molecule has 0 radical (unpaired) electrons. The molecule has 0 spiro atoms. The first-order valence-corrected chi connectivity index (χ1v) is 9.14. The Labute approximate surface area is 162 Å². The van der Waals surface area contributed by atoms with Gasteiger partial charge in [0.1, 0.15) is 5.69 Å². The molecule has 3 aromatic carbocycles. The van der Waals surface area contributed by atoms with Crippen molar-refractivity contribution < 1.29 is 14.3 Å². The fraction of sp³-hybridized carbons (Fsp3) is 0.130. The molecule has 4 aromatic rings. The van der Waals surface area contributed by atoms with Crippen molar-refractivity contribution in [3.05, 3.63) is 84.1 Å². The van der Waals surface area contributed by atoms with E-state index in [0.29, 0.717) is 5.69 Å². The fourth-order valence-corrected chi connectivity index (χ4v) is 3.38. The molecule has 5 heteroatoms. The monoisotopic (exact) mass is 372 g/mol. The largest absolute Gasteiger partial charge is 0.451 e. The van der Waals surface area contributed by atoms with Gasteiger partial charge in [0.05, 0.1) is 6.04 Å². The van der Waals surface area contributed by atoms with Crippen molar-refractivity contribution in [3.8, 4) is 0 Å². The molecular weight excluding hydrogens is 352 g/mol. The van der Waals surface area contributed by atoms with Crippen molar-refractivity contribution in [2.24, 2.45) is 0 Å². The number of esters is 1. The van der Waals surface area contributed by atoms with Crippen molar-refractivity contribution in [2.75, 3.05) is 6.61 Å². The molecule has 1 amide bonds. The quantitative estimate of drug-likeness (QED) is 0.512. The molecule has 28 heavy (non-hydrogen) atoms. The Morgan fingerprint density at radius 3 is 2.50 bits per heavy atom. The first-order chi connectivity index (χ1) is 13.6. The van der Waals surface area contributed by atoms with Crippen LogP contribution in [0.2, 0.25) is 0 Å². The molecule has 0 aliphatic rings. The molecule has 0 aliphatic heterocycles. The van der Waals surface area contributed by atoms with E-state index >= 15 is 0 Å². The minimum atomic E-state index is -0.552. The van der Waals surface area contributed by atoms with Gasteiger partial charge in [-0.05, 0) is 35.4 Å². The first-order valence-electron chi connectivity index (χ1n) is 9.14. The minimum Gasteiger partial charge on any atom is -0.451 e. The highest BCUT2D eigenvalue weighted by Crippen LogP contribution is 2.24. The van der Waals surface area contributed by atoms with E-state index in [1.807, 2.05) is 73.7 Å². The molecule has 0 unspecified atom stereocenters. The average molecular weight is 372 g/mol. The number of fused-ring (bicyclic) bond motifs is 2. The molecule has 0 saturated heterocycles. The highest BCUT2D eigenvalue weighted by molar-refractivity contribution is 5.95. The maximum atomic E-state index is 12.3. The van der Waals surface area contributed by atoms with Crippen molar-refractivity contribution in [2.45, 2.75) is 13.0 Å². The van der Waals surface area contributed by atoms with Crippen LogP contribution < -0.4 is 5.32 Å². The average Bonchev–Trinajstić information content (AvgIpc) is 3.16. The van der Waals surface area contributed by atoms with Crippen LogP contribution in [0.4, 0.5) is 0 Å². The van der Waals surface area contributed by atoms with Gasteiger partial charge in [0.15, 0.2) is 6.61 Å². The Morgan fingerprint density at radius 1 is 0.964 bits per heavy atom. The second kappa shape index (κ2) is 7.56. The number of H-pyrrole nitrogens is 1. The second-order valence-corrected chi connectivity index (χ2v) is 6.70. The predicted octanol–water partition coefficient (Wildman–Crippen LogP) is 4.36. The first kappa shape index (κ1) is 17.8. The van der Waals surface area contributed by atoms with E-state index in [4.69, 9.17) is 4.74 Å². The Balaban J connectivity index is 1.39. The Kier molecular flexibility index (Phi) is 4.81. The van der Waals surface area contributed by atoms with Gasteiger partial charge in [-0.15, -0.1) is 0 Å². The van der Waals surface area contributed by atoms with Gasteiger partial charge in [-0.1, -0.05) is 60.7 Å². The van der Waals surface area contributed by atoms with Gasteiger partial charge in [-0.3, -0.25) is 4.79 Å². The van der Waals surface area contributed by atoms with Crippen LogP contribution in [0.5, 0.6) is 0 Å². The lowest BCUT2D eigenvalue weighted by Crippen LogP contribution is -2.31. The van der Waals surface area contributed by atoms with Crippen molar-refractivity contribution in [1.82, 2.24) is 10.3 Å². The third kappa shape index (κ3) is 3.60. The molecule has 5 nitrogen and oxygen atoms in total. The van der Waals surface area contributed by atoms with Crippen molar-refractivity contribution >= 4 is 33.6 Å². The van der Waals surface area contributed by atoms with Crippen LogP contribution in [-0.2, 0) is 9.53 Å². The van der Waals surface area contributed by atoms with Gasteiger partial charge < -0.3 is 15.0 Å². The van der Waals surface area contributed by atoms with E-state index in [1.165, 1.54) is 0 Å². The normalized spacial score (nSPS) is 12.0. The highest BCUT2D eigenvalue weighted by Gasteiger charge is 2.16. The summed E-state index contributed by atoms with van der Waals surface area (Å²) in [5.74, 6) is -0.894. The van der Waals surface area contributed by atoms with E-state index in [-0.39, 0.29) is 18.6 Å². The third-order valence-electron chi connectivity index (χ3n) is 4.75. The molecule has 0 aliphatic carbocycles. The summed E-state index contributed by atoms with van der Waals surface area (Å²) in [6.07, 6.45) is 0. The number of aromatic nitrogens is 1. The number of amides is 1. The molecule has 1 atom stereocenters. The molecule has 0 saturated carbocycles. The zero-order valence-electron chi connectivity index (χ0n) is 15.4. The summed E-state index contributed by atoms with van der Waals surface area (Å²) in [7, 11) is 0. The van der Waals surface area contributed by atoms with Crippen LogP contribution in [0.3, 0.4) is 0 Å². The number of ether oxygens (including phenoxy) is 1. The second-order valence-electron chi connectivity index (χ2n) is 6.70. The summed E-state index contributed by atoms with van der Waals surface area (Å²) in [6, 6.07) is 23.1. The molecule has 4 rings (SSSR count). The zero-order valence-corrected chi connectivity index (χ0v) is 15.4. The highest BCUT2D eigenvalue weighted by atomic mass is 16.5. The summed E-state index contributed by atoms with van der Waals surface area (Å²) < 4.78 is 5.16. The zero-order chi connectivity index (χ0) is 19.5. The standard InChI is InChI=1S/C23H20N2O3/c1-15(18-11-6-9-16-7-2-4-10-19(16)18)24-22(26)14-28-23(27)21-13-17-8-3-5-12-20(17)25-21/h2-13,15,25H,14H2,1H3,(H,24,26)/t15-/m0/s1. The number of carbonyl (C=O) groups excluding carboxylic acids is 2. The third-order valence-corrected chi connectivity index (χ3v) is 4.75. The molecule has 1 heterocycles. The molecule has 2 N–H and O–H groups in total. The summed E-state index contributed by atoms with van der Waals surface area (Å²) >= 11 is 0.